The van der Waals surface area contributed by atoms with Gasteiger partial charge in [0.25, 0.3) is 5.91 Å². The van der Waals surface area contributed by atoms with E-state index in [1.165, 1.54) is 12.1 Å². The van der Waals surface area contributed by atoms with Gasteiger partial charge < -0.3 is 10.6 Å². The van der Waals surface area contributed by atoms with E-state index in [-0.39, 0.29) is 11.5 Å². The van der Waals surface area contributed by atoms with Gasteiger partial charge in [-0.3, -0.25) is 4.79 Å². The molecule has 1 rings (SSSR count). The van der Waals surface area contributed by atoms with Crippen LogP contribution in [0, 0.1) is 5.82 Å². The summed E-state index contributed by atoms with van der Waals surface area (Å²) in [6, 6.07) is 6.07. The number of nitrogens with zero attached hydrogens (tertiary/aromatic N) is 1. The zero-order chi connectivity index (χ0) is 12.7. The van der Waals surface area contributed by atoms with E-state index in [2.05, 4.69) is 0 Å². The van der Waals surface area contributed by atoms with Crippen LogP contribution in [-0.2, 0) is 0 Å². The fraction of sp³-hybridized carbons (Fsp3) is 0.462. The molecule has 0 heterocycles. The highest BCUT2D eigenvalue weighted by atomic mass is 19.1. The topological polar surface area (TPSA) is 46.3 Å². The maximum absolute atomic E-state index is 13.5. The average molecular weight is 238 g/mol. The van der Waals surface area contributed by atoms with Crippen molar-refractivity contribution >= 4 is 5.91 Å². The summed E-state index contributed by atoms with van der Waals surface area (Å²) in [4.78, 5) is 13.7. The first-order valence-corrected chi connectivity index (χ1v) is 5.94. The average Bonchev–Trinajstić information content (AvgIpc) is 2.35. The van der Waals surface area contributed by atoms with Gasteiger partial charge in [0.1, 0.15) is 5.82 Å². The molecule has 17 heavy (non-hydrogen) atoms. The molecular formula is C13H19FN2O. The summed E-state index contributed by atoms with van der Waals surface area (Å²) >= 11 is 0. The van der Waals surface area contributed by atoms with Crippen LogP contribution in [0.15, 0.2) is 24.3 Å². The number of hydrogen-bond acceptors (Lipinski definition) is 2. The molecule has 0 saturated carbocycles. The van der Waals surface area contributed by atoms with E-state index >= 15 is 0 Å². The Morgan fingerprint density at radius 3 is 2.65 bits per heavy atom. The molecule has 0 unspecified atom stereocenters. The Labute approximate surface area is 101 Å². The molecule has 0 atom stereocenters. The van der Waals surface area contributed by atoms with Crippen LogP contribution < -0.4 is 5.73 Å². The van der Waals surface area contributed by atoms with Crippen LogP contribution in [0.25, 0.3) is 0 Å². The summed E-state index contributed by atoms with van der Waals surface area (Å²) in [7, 11) is 0. The number of carbonyl (C=O) groups excluding carboxylic acids is 1. The largest absolute Gasteiger partial charge is 0.339 e. The number of hydrogen-bond donors (Lipinski definition) is 1. The van der Waals surface area contributed by atoms with Crippen molar-refractivity contribution < 1.29 is 9.18 Å². The van der Waals surface area contributed by atoms with Crippen LogP contribution in [0.1, 0.15) is 30.1 Å². The molecule has 0 fully saturated rings. The minimum atomic E-state index is -0.463. The van der Waals surface area contributed by atoms with Gasteiger partial charge in [-0.25, -0.2) is 4.39 Å². The minimum Gasteiger partial charge on any atom is -0.339 e. The van der Waals surface area contributed by atoms with E-state index < -0.39 is 5.82 Å². The molecule has 0 aromatic heterocycles. The van der Waals surface area contributed by atoms with E-state index in [1.54, 1.807) is 17.0 Å². The van der Waals surface area contributed by atoms with E-state index in [4.69, 9.17) is 5.73 Å². The van der Waals surface area contributed by atoms with Crippen LogP contribution in [0.5, 0.6) is 0 Å². The van der Waals surface area contributed by atoms with Gasteiger partial charge in [0.15, 0.2) is 0 Å². The van der Waals surface area contributed by atoms with Crippen molar-refractivity contribution in [3.05, 3.63) is 35.6 Å². The fourth-order valence-corrected chi connectivity index (χ4v) is 1.66. The highest BCUT2D eigenvalue weighted by molar-refractivity contribution is 5.94. The van der Waals surface area contributed by atoms with E-state index in [0.717, 1.165) is 12.8 Å². The maximum Gasteiger partial charge on any atom is 0.256 e. The number of unbranched alkanes of at least 4 members (excludes halogenated alkanes) is 1. The molecule has 1 aromatic rings. The maximum atomic E-state index is 13.5. The number of rotatable bonds is 6. The molecule has 4 heteroatoms. The molecule has 2 N–H and O–H groups in total. The second kappa shape index (κ2) is 7.01. The van der Waals surface area contributed by atoms with Crippen molar-refractivity contribution in [2.45, 2.75) is 19.8 Å². The highest BCUT2D eigenvalue weighted by Gasteiger charge is 2.16. The van der Waals surface area contributed by atoms with Gasteiger partial charge in [-0.05, 0) is 38.4 Å². The lowest BCUT2D eigenvalue weighted by Crippen LogP contribution is -2.32. The lowest BCUT2D eigenvalue weighted by atomic mass is 10.1. The second-order valence-electron chi connectivity index (χ2n) is 3.86. The summed E-state index contributed by atoms with van der Waals surface area (Å²) < 4.78 is 13.5. The third-order valence-corrected chi connectivity index (χ3v) is 2.66. The number of amides is 1. The summed E-state index contributed by atoms with van der Waals surface area (Å²) in [5.41, 5.74) is 5.54. The van der Waals surface area contributed by atoms with Crippen LogP contribution in [0.2, 0.25) is 0 Å². The van der Waals surface area contributed by atoms with Gasteiger partial charge in [0, 0.05) is 13.1 Å². The van der Waals surface area contributed by atoms with Crippen molar-refractivity contribution in [3.63, 3.8) is 0 Å². The fourth-order valence-electron chi connectivity index (χ4n) is 1.66. The van der Waals surface area contributed by atoms with Gasteiger partial charge in [-0.15, -0.1) is 0 Å². The summed E-state index contributed by atoms with van der Waals surface area (Å²) in [6.07, 6.45) is 1.73. The molecular weight excluding hydrogens is 219 g/mol. The van der Waals surface area contributed by atoms with Crippen molar-refractivity contribution in [2.24, 2.45) is 5.73 Å². The number of carbonyl (C=O) groups is 1. The Hall–Kier alpha value is -1.42. The van der Waals surface area contributed by atoms with Gasteiger partial charge in [-0.1, -0.05) is 12.1 Å². The number of halogens is 1. The third kappa shape index (κ3) is 3.82. The van der Waals surface area contributed by atoms with Crippen LogP contribution in [0.3, 0.4) is 0 Å². The molecule has 1 amide bonds. The molecule has 1 aromatic carbocycles. The number of benzene rings is 1. The standard InChI is InChI=1S/C13H19FN2O/c1-2-16(10-6-5-9-15)13(17)11-7-3-4-8-12(11)14/h3-4,7-8H,2,5-6,9-10,15H2,1H3. The molecule has 0 radical (unpaired) electrons. The van der Waals surface area contributed by atoms with Crippen LogP contribution in [0.4, 0.5) is 4.39 Å². The second-order valence-corrected chi connectivity index (χ2v) is 3.86. The zero-order valence-corrected chi connectivity index (χ0v) is 10.2. The molecule has 0 bridgehead atoms. The Bertz CT molecular complexity index is 368. The van der Waals surface area contributed by atoms with Crippen molar-refractivity contribution in [1.29, 1.82) is 0 Å². The van der Waals surface area contributed by atoms with Gasteiger partial charge >= 0.3 is 0 Å². The monoisotopic (exact) mass is 238 g/mol. The molecule has 0 aliphatic carbocycles. The molecule has 0 spiro atoms. The Morgan fingerprint density at radius 2 is 2.06 bits per heavy atom. The zero-order valence-electron chi connectivity index (χ0n) is 10.2. The predicted molar refractivity (Wildman–Crippen MR) is 66.3 cm³/mol. The van der Waals surface area contributed by atoms with Gasteiger partial charge in [0.2, 0.25) is 0 Å². The quantitative estimate of drug-likeness (QED) is 0.771. The SMILES string of the molecule is CCN(CCCCN)C(=O)c1ccccc1F. The lowest BCUT2D eigenvalue weighted by molar-refractivity contribution is 0.0757. The first kappa shape index (κ1) is 13.6. The highest BCUT2D eigenvalue weighted by Crippen LogP contribution is 2.10. The molecule has 0 aliphatic rings. The van der Waals surface area contributed by atoms with Crippen molar-refractivity contribution in [2.75, 3.05) is 19.6 Å². The van der Waals surface area contributed by atoms with E-state index in [0.29, 0.717) is 19.6 Å². The first-order chi connectivity index (χ1) is 8.20. The minimum absolute atomic E-state index is 0.141. The van der Waals surface area contributed by atoms with E-state index in [1.807, 2.05) is 6.92 Å². The predicted octanol–water partition coefficient (Wildman–Crippen LogP) is 2.03. The third-order valence-electron chi connectivity index (χ3n) is 2.66. The van der Waals surface area contributed by atoms with Crippen LogP contribution >= 0.6 is 0 Å². The molecule has 3 nitrogen and oxygen atoms in total. The Kier molecular flexibility index (Phi) is 5.63. The molecule has 94 valence electrons. The van der Waals surface area contributed by atoms with E-state index in [9.17, 15) is 9.18 Å². The summed E-state index contributed by atoms with van der Waals surface area (Å²) in [5, 5.41) is 0. The lowest BCUT2D eigenvalue weighted by Gasteiger charge is -2.21. The number of nitrogens with two attached hydrogens (primary N) is 1. The van der Waals surface area contributed by atoms with Gasteiger partial charge in [0.05, 0.1) is 5.56 Å². The summed E-state index contributed by atoms with van der Waals surface area (Å²) in [5.74, 6) is -0.711. The van der Waals surface area contributed by atoms with Crippen molar-refractivity contribution in [3.8, 4) is 0 Å². The molecule has 0 saturated heterocycles. The van der Waals surface area contributed by atoms with Crippen LogP contribution in [-0.4, -0.2) is 30.4 Å². The Balaban J connectivity index is 2.69. The normalized spacial score (nSPS) is 10.3. The Morgan fingerprint density at radius 1 is 1.35 bits per heavy atom. The van der Waals surface area contributed by atoms with Crippen molar-refractivity contribution in [1.82, 2.24) is 4.90 Å². The smallest absolute Gasteiger partial charge is 0.256 e. The first-order valence-electron chi connectivity index (χ1n) is 5.94. The molecule has 0 aliphatic heterocycles. The summed E-state index contributed by atoms with van der Waals surface area (Å²) in [6.45, 7) is 3.71. The van der Waals surface area contributed by atoms with Gasteiger partial charge in [-0.2, -0.15) is 0 Å².